The minimum atomic E-state index is 0.731. The predicted molar refractivity (Wildman–Crippen MR) is 83.7 cm³/mol. The third-order valence-corrected chi connectivity index (χ3v) is 4.58. The van der Waals surface area contributed by atoms with E-state index in [4.69, 9.17) is 11.6 Å². The first kappa shape index (κ1) is 14.9. The molecule has 1 nitrogen and oxygen atoms in total. The van der Waals surface area contributed by atoms with Crippen LogP contribution in [0.3, 0.4) is 0 Å². The fourth-order valence-corrected chi connectivity index (χ4v) is 3.15. The lowest BCUT2D eigenvalue weighted by Gasteiger charge is -2.26. The van der Waals surface area contributed by atoms with E-state index in [1.165, 1.54) is 31.2 Å². The molecule has 1 N–H and O–H groups in total. The maximum absolute atomic E-state index is 6.10. The van der Waals surface area contributed by atoms with Gasteiger partial charge in [0.15, 0.2) is 0 Å². The molecule has 1 unspecified atom stereocenters. The molecule has 1 atom stereocenters. The van der Waals surface area contributed by atoms with Gasteiger partial charge in [0.1, 0.15) is 0 Å². The molecule has 1 aliphatic carbocycles. The molecule has 0 amide bonds. The maximum Gasteiger partial charge on any atom is 0.0408 e. The van der Waals surface area contributed by atoms with Crippen LogP contribution in [-0.2, 0) is 6.42 Å². The Morgan fingerprint density at radius 3 is 2.53 bits per heavy atom. The van der Waals surface area contributed by atoms with Crippen LogP contribution in [0.15, 0.2) is 24.3 Å². The van der Waals surface area contributed by atoms with Crippen molar-refractivity contribution in [2.75, 3.05) is 6.54 Å². The molecule has 0 saturated heterocycles. The molecule has 106 valence electrons. The Bertz CT molecular complexity index is 383. The lowest BCUT2D eigenvalue weighted by Crippen LogP contribution is -2.30. The first-order valence-electron chi connectivity index (χ1n) is 7.70. The number of rotatable bonds is 8. The van der Waals surface area contributed by atoms with E-state index < -0.39 is 0 Å². The average molecular weight is 280 g/mol. The highest BCUT2D eigenvalue weighted by Gasteiger charge is 2.24. The molecule has 1 aromatic carbocycles. The molecule has 0 spiro atoms. The van der Waals surface area contributed by atoms with Crippen LogP contribution < -0.4 is 5.32 Å². The monoisotopic (exact) mass is 279 g/mol. The summed E-state index contributed by atoms with van der Waals surface area (Å²) in [5.74, 6) is 1.54. The number of nitrogens with one attached hydrogen (secondary N) is 1. The largest absolute Gasteiger partial charge is 0.314 e. The van der Waals surface area contributed by atoms with E-state index in [1.54, 1.807) is 0 Å². The Balaban J connectivity index is 1.98. The summed E-state index contributed by atoms with van der Waals surface area (Å²) in [7, 11) is 0. The van der Waals surface area contributed by atoms with Gasteiger partial charge in [-0.15, -0.1) is 0 Å². The molecule has 1 aliphatic rings. The zero-order valence-electron chi connectivity index (χ0n) is 12.2. The predicted octanol–water partition coefficient (Wildman–Crippen LogP) is 4.69. The third-order valence-electron chi connectivity index (χ3n) is 4.35. The third kappa shape index (κ3) is 4.81. The van der Waals surface area contributed by atoms with Crippen LogP contribution in [0.5, 0.6) is 0 Å². The van der Waals surface area contributed by atoms with Gasteiger partial charge in [-0.1, -0.05) is 50.4 Å². The molecule has 1 aromatic rings. The van der Waals surface area contributed by atoms with E-state index in [0.29, 0.717) is 0 Å². The molecule has 0 radical (unpaired) electrons. The van der Waals surface area contributed by atoms with Gasteiger partial charge in [0, 0.05) is 11.1 Å². The zero-order valence-corrected chi connectivity index (χ0v) is 12.9. The van der Waals surface area contributed by atoms with Crippen molar-refractivity contribution in [3.63, 3.8) is 0 Å². The van der Waals surface area contributed by atoms with Crippen molar-refractivity contribution < 1.29 is 0 Å². The van der Waals surface area contributed by atoms with Crippen molar-refractivity contribution in [3.8, 4) is 0 Å². The van der Waals surface area contributed by atoms with E-state index in [9.17, 15) is 0 Å². The SMILES string of the molecule is CCC(CC)C(CNC1CC1)Cc1cccc(Cl)c1. The van der Waals surface area contributed by atoms with Gasteiger partial charge in [-0.25, -0.2) is 0 Å². The van der Waals surface area contributed by atoms with Crippen molar-refractivity contribution in [3.05, 3.63) is 34.9 Å². The molecule has 0 aliphatic heterocycles. The Labute approximate surface area is 122 Å². The van der Waals surface area contributed by atoms with Gasteiger partial charge in [-0.05, 0) is 55.3 Å². The Morgan fingerprint density at radius 1 is 1.21 bits per heavy atom. The van der Waals surface area contributed by atoms with Gasteiger partial charge in [0.05, 0.1) is 0 Å². The molecule has 2 heteroatoms. The quantitative estimate of drug-likeness (QED) is 0.728. The molecule has 0 heterocycles. The van der Waals surface area contributed by atoms with E-state index >= 15 is 0 Å². The van der Waals surface area contributed by atoms with Gasteiger partial charge in [0.25, 0.3) is 0 Å². The Morgan fingerprint density at radius 2 is 1.95 bits per heavy atom. The molecular weight excluding hydrogens is 254 g/mol. The maximum atomic E-state index is 6.10. The number of hydrogen-bond donors (Lipinski definition) is 1. The van der Waals surface area contributed by atoms with Crippen LogP contribution in [0.25, 0.3) is 0 Å². The van der Waals surface area contributed by atoms with Gasteiger partial charge in [0.2, 0.25) is 0 Å². The van der Waals surface area contributed by atoms with Gasteiger partial charge >= 0.3 is 0 Å². The summed E-state index contributed by atoms with van der Waals surface area (Å²) in [6.45, 7) is 5.79. The number of hydrogen-bond acceptors (Lipinski definition) is 1. The summed E-state index contributed by atoms with van der Waals surface area (Å²) in [5.41, 5.74) is 1.38. The van der Waals surface area contributed by atoms with Crippen molar-refractivity contribution in [2.45, 2.75) is 52.0 Å². The fraction of sp³-hybridized carbons (Fsp3) is 0.647. The molecule has 1 saturated carbocycles. The van der Waals surface area contributed by atoms with Gasteiger partial charge in [-0.2, -0.15) is 0 Å². The normalized spacial score (nSPS) is 16.8. The lowest BCUT2D eigenvalue weighted by atomic mass is 9.83. The second-order valence-electron chi connectivity index (χ2n) is 5.85. The fourth-order valence-electron chi connectivity index (χ4n) is 2.93. The summed E-state index contributed by atoms with van der Waals surface area (Å²) < 4.78 is 0. The molecular formula is C17H26ClN. The summed E-state index contributed by atoms with van der Waals surface area (Å²) in [6.07, 6.45) is 6.42. The highest BCUT2D eigenvalue weighted by molar-refractivity contribution is 6.30. The van der Waals surface area contributed by atoms with Gasteiger partial charge < -0.3 is 5.32 Å². The second kappa shape index (κ2) is 7.31. The Hall–Kier alpha value is -0.530. The number of benzene rings is 1. The van der Waals surface area contributed by atoms with Crippen LogP contribution in [-0.4, -0.2) is 12.6 Å². The minimum Gasteiger partial charge on any atom is -0.314 e. The first-order valence-corrected chi connectivity index (χ1v) is 8.08. The van der Waals surface area contributed by atoms with Crippen molar-refractivity contribution in [1.29, 1.82) is 0 Å². The summed E-state index contributed by atoms with van der Waals surface area (Å²) in [4.78, 5) is 0. The molecule has 2 rings (SSSR count). The van der Waals surface area contributed by atoms with E-state index in [-0.39, 0.29) is 0 Å². The molecule has 19 heavy (non-hydrogen) atoms. The van der Waals surface area contributed by atoms with Crippen LogP contribution in [0.2, 0.25) is 5.02 Å². The van der Waals surface area contributed by atoms with Gasteiger partial charge in [-0.3, -0.25) is 0 Å². The van der Waals surface area contributed by atoms with Crippen LogP contribution in [0.1, 0.15) is 45.1 Å². The van der Waals surface area contributed by atoms with Crippen LogP contribution in [0.4, 0.5) is 0 Å². The van der Waals surface area contributed by atoms with Crippen molar-refractivity contribution >= 4 is 11.6 Å². The summed E-state index contributed by atoms with van der Waals surface area (Å²) in [5, 5.41) is 4.57. The first-order chi connectivity index (χ1) is 9.22. The van der Waals surface area contributed by atoms with E-state index in [1.807, 2.05) is 6.07 Å². The van der Waals surface area contributed by atoms with Crippen molar-refractivity contribution in [2.24, 2.45) is 11.8 Å². The zero-order chi connectivity index (χ0) is 13.7. The molecule has 0 bridgehead atoms. The van der Waals surface area contributed by atoms with Crippen LogP contribution in [0, 0.1) is 11.8 Å². The second-order valence-corrected chi connectivity index (χ2v) is 6.29. The van der Waals surface area contributed by atoms with Crippen LogP contribution >= 0.6 is 11.6 Å². The smallest absolute Gasteiger partial charge is 0.0408 e. The lowest BCUT2D eigenvalue weighted by molar-refractivity contribution is 0.297. The average Bonchev–Trinajstić information content (AvgIpc) is 3.21. The standard InChI is InChI=1S/C17H26ClN/c1-3-14(4-2)15(12-19-17-8-9-17)10-13-6-5-7-16(18)11-13/h5-7,11,14-15,17,19H,3-4,8-10,12H2,1-2H3. The highest BCUT2D eigenvalue weighted by atomic mass is 35.5. The minimum absolute atomic E-state index is 0.731. The topological polar surface area (TPSA) is 12.0 Å². The van der Waals surface area contributed by atoms with E-state index in [0.717, 1.165) is 35.9 Å². The summed E-state index contributed by atoms with van der Waals surface area (Å²) in [6, 6.07) is 9.15. The molecule has 1 fully saturated rings. The highest BCUT2D eigenvalue weighted by Crippen LogP contribution is 2.26. The summed E-state index contributed by atoms with van der Waals surface area (Å²) >= 11 is 6.10. The van der Waals surface area contributed by atoms with Crippen molar-refractivity contribution in [1.82, 2.24) is 5.32 Å². The Kier molecular flexibility index (Phi) is 5.72. The number of halogens is 1. The van der Waals surface area contributed by atoms with E-state index in [2.05, 4.69) is 37.4 Å². The molecule has 0 aromatic heterocycles.